The van der Waals surface area contributed by atoms with Crippen molar-refractivity contribution in [2.24, 2.45) is 0 Å². The molecular formula is C10H25NO. The van der Waals surface area contributed by atoms with Gasteiger partial charge in [-0.25, -0.2) is 0 Å². The molecule has 76 valence electrons. The van der Waals surface area contributed by atoms with Gasteiger partial charge in [-0.2, -0.15) is 0 Å². The molecular weight excluding hydrogens is 150 g/mol. The fraction of sp³-hybridized carbons (Fsp3) is 1.00. The van der Waals surface area contributed by atoms with E-state index in [1.165, 1.54) is 0 Å². The standard InChI is InChI=1S/C10H22O.H3N/c1-5-9(6-2)11-10(7-3)8-4;/h9-10H,5-8H2,1-4H3;1H3. The van der Waals surface area contributed by atoms with E-state index in [0.29, 0.717) is 12.2 Å². The lowest BCUT2D eigenvalue weighted by atomic mass is 10.2. The minimum Gasteiger partial charge on any atom is -0.375 e. The second kappa shape index (κ2) is 9.01. The van der Waals surface area contributed by atoms with Gasteiger partial charge in [0, 0.05) is 0 Å². The van der Waals surface area contributed by atoms with Crippen molar-refractivity contribution in [2.75, 3.05) is 0 Å². The summed E-state index contributed by atoms with van der Waals surface area (Å²) in [4.78, 5) is 0. The van der Waals surface area contributed by atoms with Crippen molar-refractivity contribution in [1.82, 2.24) is 6.15 Å². The van der Waals surface area contributed by atoms with Gasteiger partial charge in [0.05, 0.1) is 12.2 Å². The van der Waals surface area contributed by atoms with Crippen LogP contribution in [0.1, 0.15) is 53.4 Å². The Morgan fingerprint density at radius 3 is 1.17 bits per heavy atom. The SMILES string of the molecule is CCC(CC)OC(CC)CC.N. The van der Waals surface area contributed by atoms with Crippen LogP contribution in [-0.4, -0.2) is 12.2 Å². The van der Waals surface area contributed by atoms with Crippen molar-refractivity contribution >= 4 is 0 Å². The lowest BCUT2D eigenvalue weighted by Crippen LogP contribution is -2.19. The zero-order valence-corrected chi connectivity index (χ0v) is 9.10. The van der Waals surface area contributed by atoms with Crippen LogP contribution in [0.4, 0.5) is 0 Å². The van der Waals surface area contributed by atoms with Crippen LogP contribution in [0.25, 0.3) is 0 Å². The molecule has 0 spiro atoms. The van der Waals surface area contributed by atoms with Crippen molar-refractivity contribution in [3.8, 4) is 0 Å². The summed E-state index contributed by atoms with van der Waals surface area (Å²) in [5, 5.41) is 0. The second-order valence-corrected chi connectivity index (χ2v) is 3.01. The summed E-state index contributed by atoms with van der Waals surface area (Å²) in [6.07, 6.45) is 5.56. The predicted molar refractivity (Wildman–Crippen MR) is 54.8 cm³/mol. The molecule has 0 unspecified atom stereocenters. The van der Waals surface area contributed by atoms with Crippen LogP contribution < -0.4 is 6.15 Å². The molecule has 0 aliphatic carbocycles. The van der Waals surface area contributed by atoms with E-state index in [4.69, 9.17) is 4.74 Å². The maximum absolute atomic E-state index is 5.85. The molecule has 0 saturated heterocycles. The normalized spacial score (nSPS) is 10.5. The summed E-state index contributed by atoms with van der Waals surface area (Å²) in [6, 6.07) is 0. The van der Waals surface area contributed by atoms with E-state index in [1.807, 2.05) is 0 Å². The highest BCUT2D eigenvalue weighted by molar-refractivity contribution is 4.58. The lowest BCUT2D eigenvalue weighted by molar-refractivity contribution is -0.0188. The van der Waals surface area contributed by atoms with Crippen LogP contribution >= 0.6 is 0 Å². The molecule has 0 bridgehead atoms. The van der Waals surface area contributed by atoms with E-state index in [1.54, 1.807) is 0 Å². The summed E-state index contributed by atoms with van der Waals surface area (Å²) in [7, 11) is 0. The third-order valence-corrected chi connectivity index (χ3v) is 2.21. The fourth-order valence-corrected chi connectivity index (χ4v) is 1.23. The molecule has 2 nitrogen and oxygen atoms in total. The van der Waals surface area contributed by atoms with Gasteiger partial charge in [-0.3, -0.25) is 0 Å². The molecule has 3 N–H and O–H groups in total. The Kier molecular flexibility index (Phi) is 10.8. The first-order valence-corrected chi connectivity index (χ1v) is 4.93. The minimum atomic E-state index is 0. The zero-order valence-electron chi connectivity index (χ0n) is 9.10. The van der Waals surface area contributed by atoms with Gasteiger partial charge < -0.3 is 10.9 Å². The molecule has 0 heterocycles. The van der Waals surface area contributed by atoms with Gasteiger partial charge in [0.2, 0.25) is 0 Å². The average Bonchev–Trinajstić information content (AvgIpc) is 2.07. The Hall–Kier alpha value is -0.0800. The van der Waals surface area contributed by atoms with Gasteiger partial charge in [-0.15, -0.1) is 0 Å². The quantitative estimate of drug-likeness (QED) is 0.671. The highest BCUT2D eigenvalue weighted by Gasteiger charge is 2.09. The molecule has 0 atom stereocenters. The zero-order chi connectivity index (χ0) is 8.69. The number of hydrogen-bond acceptors (Lipinski definition) is 2. The van der Waals surface area contributed by atoms with E-state index in [0.717, 1.165) is 25.7 Å². The van der Waals surface area contributed by atoms with Crippen LogP contribution in [0.2, 0.25) is 0 Å². The van der Waals surface area contributed by atoms with Gasteiger partial charge in [0.25, 0.3) is 0 Å². The summed E-state index contributed by atoms with van der Waals surface area (Å²) >= 11 is 0. The number of ether oxygens (including phenoxy) is 1. The maximum Gasteiger partial charge on any atom is 0.0573 e. The lowest BCUT2D eigenvalue weighted by Gasteiger charge is -2.20. The first-order valence-electron chi connectivity index (χ1n) is 4.93. The van der Waals surface area contributed by atoms with Crippen LogP contribution in [-0.2, 0) is 4.74 Å². The fourth-order valence-electron chi connectivity index (χ4n) is 1.23. The van der Waals surface area contributed by atoms with E-state index in [9.17, 15) is 0 Å². The van der Waals surface area contributed by atoms with E-state index >= 15 is 0 Å². The predicted octanol–water partition coefficient (Wildman–Crippen LogP) is 3.54. The van der Waals surface area contributed by atoms with Crippen molar-refractivity contribution in [3.63, 3.8) is 0 Å². The van der Waals surface area contributed by atoms with Gasteiger partial charge in [0.1, 0.15) is 0 Å². The average molecular weight is 175 g/mol. The van der Waals surface area contributed by atoms with Crippen molar-refractivity contribution in [1.29, 1.82) is 0 Å². The summed E-state index contributed by atoms with van der Waals surface area (Å²) < 4.78 is 5.85. The number of hydrogen-bond donors (Lipinski definition) is 1. The Labute approximate surface area is 77.3 Å². The second-order valence-electron chi connectivity index (χ2n) is 3.01. The Morgan fingerprint density at radius 2 is 1.00 bits per heavy atom. The highest BCUT2D eigenvalue weighted by Crippen LogP contribution is 2.11. The molecule has 0 fully saturated rings. The topological polar surface area (TPSA) is 44.2 Å². The monoisotopic (exact) mass is 175 g/mol. The molecule has 0 saturated carbocycles. The van der Waals surface area contributed by atoms with Gasteiger partial charge >= 0.3 is 0 Å². The first kappa shape index (κ1) is 14.4. The highest BCUT2D eigenvalue weighted by atomic mass is 16.5. The molecule has 0 amide bonds. The van der Waals surface area contributed by atoms with Gasteiger partial charge in [-0.1, -0.05) is 27.7 Å². The summed E-state index contributed by atoms with van der Waals surface area (Å²) in [6.45, 7) is 8.76. The van der Waals surface area contributed by atoms with Crippen molar-refractivity contribution in [2.45, 2.75) is 65.6 Å². The Morgan fingerprint density at radius 1 is 0.750 bits per heavy atom. The van der Waals surface area contributed by atoms with Crippen LogP contribution in [0.3, 0.4) is 0 Å². The van der Waals surface area contributed by atoms with E-state index in [2.05, 4.69) is 27.7 Å². The van der Waals surface area contributed by atoms with Gasteiger partial charge in [0.15, 0.2) is 0 Å². The molecule has 12 heavy (non-hydrogen) atoms. The summed E-state index contributed by atoms with van der Waals surface area (Å²) in [5.41, 5.74) is 0. The van der Waals surface area contributed by atoms with Crippen LogP contribution in [0, 0.1) is 0 Å². The van der Waals surface area contributed by atoms with Crippen molar-refractivity contribution in [3.05, 3.63) is 0 Å². The molecule has 2 heteroatoms. The first-order chi connectivity index (χ1) is 5.28. The van der Waals surface area contributed by atoms with E-state index in [-0.39, 0.29) is 6.15 Å². The largest absolute Gasteiger partial charge is 0.375 e. The maximum atomic E-state index is 5.85. The molecule has 0 aromatic rings. The molecule has 0 rings (SSSR count). The van der Waals surface area contributed by atoms with Crippen molar-refractivity contribution < 1.29 is 4.74 Å². The third-order valence-electron chi connectivity index (χ3n) is 2.21. The van der Waals surface area contributed by atoms with Crippen LogP contribution in [0.5, 0.6) is 0 Å². The Balaban J connectivity index is 0. The molecule has 0 aromatic heterocycles. The molecule has 0 radical (unpaired) electrons. The van der Waals surface area contributed by atoms with E-state index < -0.39 is 0 Å². The molecule has 0 aliphatic rings. The molecule has 0 aliphatic heterocycles. The minimum absolute atomic E-state index is 0. The summed E-state index contributed by atoms with van der Waals surface area (Å²) in [5.74, 6) is 0. The van der Waals surface area contributed by atoms with Gasteiger partial charge in [-0.05, 0) is 25.7 Å². The Bertz CT molecular complexity index is 67.9. The third kappa shape index (κ3) is 5.56. The number of rotatable bonds is 6. The smallest absolute Gasteiger partial charge is 0.0573 e. The molecule has 0 aromatic carbocycles. The van der Waals surface area contributed by atoms with Crippen LogP contribution in [0.15, 0.2) is 0 Å².